The number of likely N-dealkylation sites (N-methyl/N-ethyl adjacent to an activating group) is 1. The van der Waals surface area contributed by atoms with Crippen molar-refractivity contribution in [3.8, 4) is 0 Å². The van der Waals surface area contributed by atoms with E-state index in [0.717, 1.165) is 25.7 Å². The highest BCUT2D eigenvalue weighted by Gasteiger charge is 2.47. The summed E-state index contributed by atoms with van der Waals surface area (Å²) in [5.41, 5.74) is 0.563. The second kappa shape index (κ2) is 6.29. The summed E-state index contributed by atoms with van der Waals surface area (Å²) in [4.78, 5) is 27.0. The van der Waals surface area contributed by atoms with Gasteiger partial charge in [0.15, 0.2) is 0 Å². The molecule has 0 aromatic heterocycles. The first-order valence-corrected chi connectivity index (χ1v) is 8.29. The van der Waals surface area contributed by atoms with Crippen LogP contribution in [0.2, 0.25) is 5.02 Å². The smallest absolute Gasteiger partial charge is 0.254 e. The fourth-order valence-corrected chi connectivity index (χ4v) is 4.11. The third-order valence-electron chi connectivity index (χ3n) is 4.94. The number of nitrogens with one attached hydrogen (secondary N) is 1. The summed E-state index contributed by atoms with van der Waals surface area (Å²) >= 11 is 6.01. The molecule has 118 valence electrons. The number of carbonyl (C=O) groups is 2. The van der Waals surface area contributed by atoms with Gasteiger partial charge < -0.3 is 10.2 Å². The van der Waals surface area contributed by atoms with E-state index in [-0.39, 0.29) is 23.9 Å². The second-order valence-electron chi connectivity index (χ2n) is 6.20. The molecule has 1 aliphatic carbocycles. The van der Waals surface area contributed by atoms with Crippen molar-refractivity contribution >= 4 is 23.4 Å². The van der Waals surface area contributed by atoms with E-state index in [1.807, 2.05) is 4.90 Å². The topological polar surface area (TPSA) is 49.4 Å². The highest BCUT2D eigenvalue weighted by Crippen LogP contribution is 2.40. The van der Waals surface area contributed by atoms with Crippen molar-refractivity contribution in [2.75, 3.05) is 7.05 Å². The van der Waals surface area contributed by atoms with Gasteiger partial charge in [0.1, 0.15) is 6.04 Å². The molecular weight excluding hydrogens is 300 g/mol. The zero-order valence-corrected chi connectivity index (χ0v) is 13.5. The molecule has 1 saturated heterocycles. The molecule has 1 saturated carbocycles. The Hall–Kier alpha value is -1.55. The number of likely N-dealkylation sites (tertiary alicyclic amines) is 1. The Kier molecular flexibility index (Phi) is 4.39. The Morgan fingerprint density at radius 2 is 2.05 bits per heavy atom. The molecule has 3 rings (SSSR count). The first kappa shape index (κ1) is 15.3. The number of hydrogen-bond acceptors (Lipinski definition) is 2. The summed E-state index contributed by atoms with van der Waals surface area (Å²) in [5.74, 6) is 0.300. The van der Waals surface area contributed by atoms with E-state index in [1.54, 1.807) is 31.3 Å². The number of hydrogen-bond donors (Lipinski definition) is 1. The van der Waals surface area contributed by atoms with Crippen LogP contribution >= 0.6 is 11.6 Å². The van der Waals surface area contributed by atoms with Gasteiger partial charge in [-0.3, -0.25) is 9.59 Å². The van der Waals surface area contributed by atoms with Crippen LogP contribution in [0.25, 0.3) is 0 Å². The number of rotatable bonds is 2. The minimum Gasteiger partial charge on any atom is -0.357 e. The number of benzene rings is 1. The Morgan fingerprint density at radius 3 is 2.77 bits per heavy atom. The summed E-state index contributed by atoms with van der Waals surface area (Å²) in [7, 11) is 1.63. The zero-order chi connectivity index (χ0) is 15.7. The van der Waals surface area contributed by atoms with Crippen LogP contribution in [0.4, 0.5) is 0 Å². The number of fused-ring (bicyclic) bond motifs is 1. The summed E-state index contributed by atoms with van der Waals surface area (Å²) in [5, 5.41) is 3.25. The maximum Gasteiger partial charge on any atom is 0.254 e. The lowest BCUT2D eigenvalue weighted by Gasteiger charge is -2.33. The first-order chi connectivity index (χ1) is 10.6. The highest BCUT2D eigenvalue weighted by atomic mass is 35.5. The van der Waals surface area contributed by atoms with E-state index >= 15 is 0 Å². The molecule has 4 nitrogen and oxygen atoms in total. The van der Waals surface area contributed by atoms with Crippen LogP contribution in [0.1, 0.15) is 42.5 Å². The molecule has 2 amide bonds. The number of halogens is 1. The molecule has 2 fully saturated rings. The first-order valence-electron chi connectivity index (χ1n) is 7.91. The lowest BCUT2D eigenvalue weighted by atomic mass is 9.84. The van der Waals surface area contributed by atoms with Gasteiger partial charge in [0.2, 0.25) is 5.91 Å². The summed E-state index contributed by atoms with van der Waals surface area (Å²) in [6, 6.07) is 6.81. The molecule has 1 aromatic carbocycles. The van der Waals surface area contributed by atoms with Crippen molar-refractivity contribution in [1.29, 1.82) is 0 Å². The summed E-state index contributed by atoms with van der Waals surface area (Å²) < 4.78 is 0. The van der Waals surface area contributed by atoms with E-state index in [2.05, 4.69) is 5.32 Å². The van der Waals surface area contributed by atoms with Crippen molar-refractivity contribution in [2.45, 2.75) is 44.2 Å². The molecule has 3 atom stereocenters. The SMILES string of the molecule is CNC(=O)C1CC2CCCCC2N1C(=O)c1cccc(Cl)c1. The van der Waals surface area contributed by atoms with E-state index in [9.17, 15) is 9.59 Å². The molecule has 5 heteroatoms. The summed E-state index contributed by atoms with van der Waals surface area (Å²) in [6.07, 6.45) is 5.19. The van der Waals surface area contributed by atoms with E-state index < -0.39 is 0 Å². The fraction of sp³-hybridized carbons (Fsp3) is 0.529. The molecule has 1 aromatic rings. The van der Waals surface area contributed by atoms with Crippen molar-refractivity contribution in [1.82, 2.24) is 10.2 Å². The van der Waals surface area contributed by atoms with Gasteiger partial charge in [-0.25, -0.2) is 0 Å². The lowest BCUT2D eigenvalue weighted by Crippen LogP contribution is -2.49. The van der Waals surface area contributed by atoms with Gasteiger partial charge in [-0.15, -0.1) is 0 Å². The van der Waals surface area contributed by atoms with E-state index in [1.165, 1.54) is 6.42 Å². The van der Waals surface area contributed by atoms with Crippen molar-refractivity contribution < 1.29 is 9.59 Å². The Morgan fingerprint density at radius 1 is 1.27 bits per heavy atom. The van der Waals surface area contributed by atoms with Gasteiger partial charge in [0.25, 0.3) is 5.91 Å². The van der Waals surface area contributed by atoms with Crippen molar-refractivity contribution in [3.05, 3.63) is 34.9 Å². The van der Waals surface area contributed by atoms with Gasteiger partial charge >= 0.3 is 0 Å². The van der Waals surface area contributed by atoms with Crippen LogP contribution in [0.5, 0.6) is 0 Å². The van der Waals surface area contributed by atoms with Crippen molar-refractivity contribution in [3.63, 3.8) is 0 Å². The standard InChI is InChI=1S/C17H21ClN2O2/c1-19-16(21)15-10-11-5-2-3-8-14(11)20(15)17(22)12-6-4-7-13(18)9-12/h4,6-7,9,11,14-15H,2-3,5,8,10H2,1H3,(H,19,21). The quantitative estimate of drug-likeness (QED) is 0.911. The maximum absolute atomic E-state index is 13.0. The Bertz CT molecular complexity index is 590. The van der Waals surface area contributed by atoms with Crippen LogP contribution in [-0.4, -0.2) is 35.8 Å². The average Bonchev–Trinajstić information content (AvgIpc) is 2.92. The van der Waals surface area contributed by atoms with Gasteiger partial charge in [-0.2, -0.15) is 0 Å². The average molecular weight is 321 g/mol. The van der Waals surface area contributed by atoms with E-state index in [0.29, 0.717) is 16.5 Å². The molecule has 1 heterocycles. The van der Waals surface area contributed by atoms with Gasteiger partial charge in [-0.1, -0.05) is 30.5 Å². The fourth-order valence-electron chi connectivity index (χ4n) is 3.92. The van der Waals surface area contributed by atoms with E-state index in [4.69, 9.17) is 11.6 Å². The number of carbonyl (C=O) groups excluding carboxylic acids is 2. The highest BCUT2D eigenvalue weighted by molar-refractivity contribution is 6.31. The third kappa shape index (κ3) is 2.72. The molecule has 1 N–H and O–H groups in total. The second-order valence-corrected chi connectivity index (χ2v) is 6.64. The molecule has 0 bridgehead atoms. The normalized spacial score (nSPS) is 27.4. The van der Waals surface area contributed by atoms with Crippen LogP contribution in [0.3, 0.4) is 0 Å². The predicted octanol–water partition coefficient (Wildman–Crippen LogP) is 2.86. The van der Waals surface area contributed by atoms with Crippen LogP contribution in [-0.2, 0) is 4.79 Å². The van der Waals surface area contributed by atoms with Crippen LogP contribution in [0.15, 0.2) is 24.3 Å². The zero-order valence-electron chi connectivity index (χ0n) is 12.7. The molecule has 0 radical (unpaired) electrons. The third-order valence-corrected chi connectivity index (χ3v) is 5.18. The summed E-state index contributed by atoms with van der Waals surface area (Å²) in [6.45, 7) is 0. The molecule has 0 spiro atoms. The van der Waals surface area contributed by atoms with Gasteiger partial charge in [0.05, 0.1) is 0 Å². The molecule has 22 heavy (non-hydrogen) atoms. The molecular formula is C17H21ClN2O2. The minimum atomic E-state index is -0.357. The van der Waals surface area contributed by atoms with Gasteiger partial charge in [-0.05, 0) is 43.4 Å². The Labute approximate surface area is 135 Å². The molecule has 3 unspecified atom stereocenters. The van der Waals surface area contributed by atoms with Crippen molar-refractivity contribution in [2.24, 2.45) is 5.92 Å². The van der Waals surface area contributed by atoms with Crippen LogP contribution < -0.4 is 5.32 Å². The minimum absolute atomic E-state index is 0.0650. The van der Waals surface area contributed by atoms with Crippen LogP contribution in [0, 0.1) is 5.92 Å². The number of nitrogens with zero attached hydrogens (tertiary/aromatic N) is 1. The predicted molar refractivity (Wildman–Crippen MR) is 85.8 cm³/mol. The largest absolute Gasteiger partial charge is 0.357 e. The molecule has 1 aliphatic heterocycles. The maximum atomic E-state index is 13.0. The Balaban J connectivity index is 1.92. The lowest BCUT2D eigenvalue weighted by molar-refractivity contribution is -0.124. The number of amides is 2. The molecule has 2 aliphatic rings. The van der Waals surface area contributed by atoms with Gasteiger partial charge in [0, 0.05) is 23.7 Å². The monoisotopic (exact) mass is 320 g/mol.